The van der Waals surface area contributed by atoms with E-state index >= 15 is 0 Å². The number of aliphatic hydroxyl groups is 13. The normalized spacial score (nSPS) is 32.3. The molecule has 17 N–H and O–H groups in total. The lowest BCUT2D eigenvalue weighted by atomic mass is 9.98. The van der Waals surface area contributed by atoms with Crippen molar-refractivity contribution in [1.82, 2.24) is 0 Å². The van der Waals surface area contributed by atoms with Crippen LogP contribution >= 0.6 is 0 Å². The van der Waals surface area contributed by atoms with Crippen molar-refractivity contribution in [3.05, 3.63) is 94.8 Å². The smallest absolute Gasteiger partial charge is 0.330 e. The third-order valence-corrected chi connectivity index (χ3v) is 15.8. The Bertz CT molecular complexity index is 3360. The highest BCUT2D eigenvalue weighted by molar-refractivity contribution is 5.88. The van der Waals surface area contributed by atoms with Crippen LogP contribution in [0.5, 0.6) is 63.2 Å². The number of phenolic OH excluding ortho intramolecular Hbond substituents is 4. The summed E-state index contributed by atoms with van der Waals surface area (Å²) in [6.45, 7) is -3.11. The second-order valence-corrected chi connectivity index (χ2v) is 22.0. The van der Waals surface area contributed by atoms with Crippen molar-refractivity contribution in [3.63, 3.8) is 0 Å². The standard InChI is InChI=1S/C61H72O34/c1-81-32-11-23(12-33(82-2)43(32)67)5-9-41(65)85-20-38-46(70)50(74)53(77)58(93-38)87-22-40-48(72)52(76)56(80)61(95-40)91-36-18-27-29(64)16-26(17-30(27)89-57(36)25-7-8-28(63)31(15-25)90-60-55(79)49(73)45(69)37(19-62)92-60)88-59-54(78)51(75)47(71)39(94-59)21-86-42(66)10-6-24-13-34(83-3)44(68)35(14-24)84-4/h5-18,37-40,45-64,67-80H,19-22H2,1-4H3. The van der Waals surface area contributed by atoms with Crippen LogP contribution < -0.4 is 33.2 Å². The summed E-state index contributed by atoms with van der Waals surface area (Å²) in [5.41, 5.74) is 0.441. The van der Waals surface area contributed by atoms with Gasteiger partial charge in [-0.1, -0.05) is 6.07 Å². The monoisotopic (exact) mass is 1350 g/mol. The molecule has 95 heavy (non-hydrogen) atoms. The number of fused-ring (bicyclic) bond motifs is 1. The molecular formula is C61H72O34. The number of phenols is 4. The van der Waals surface area contributed by atoms with Gasteiger partial charge in [-0.05, 0) is 65.8 Å². The highest BCUT2D eigenvalue weighted by Crippen LogP contribution is 2.47. The fraction of sp³-hybridized carbons (Fsp3) is 0.475. The molecule has 5 aliphatic heterocycles. The van der Waals surface area contributed by atoms with Crippen molar-refractivity contribution in [1.29, 1.82) is 0 Å². The molecule has 21 atom stereocenters. The molecule has 5 aliphatic rings. The highest BCUT2D eigenvalue weighted by Gasteiger charge is 2.51. The lowest BCUT2D eigenvalue weighted by Crippen LogP contribution is -2.61. The van der Waals surface area contributed by atoms with E-state index in [-0.39, 0.29) is 57.1 Å². The Hall–Kier alpha value is -8.08. The minimum atomic E-state index is -2.13. The van der Waals surface area contributed by atoms with E-state index in [1.54, 1.807) is 0 Å². The Kier molecular flexibility index (Phi) is 23.1. The zero-order chi connectivity index (χ0) is 68.9. The van der Waals surface area contributed by atoms with Crippen LogP contribution in [0.4, 0.5) is 0 Å². The van der Waals surface area contributed by atoms with E-state index in [2.05, 4.69) is 0 Å². The van der Waals surface area contributed by atoms with E-state index in [4.69, 9.17) is 71.1 Å². The summed E-state index contributed by atoms with van der Waals surface area (Å²) in [5, 5.41) is 184. The summed E-state index contributed by atoms with van der Waals surface area (Å²) in [4.78, 5) is 25.6. The van der Waals surface area contributed by atoms with E-state index in [1.807, 2.05) is 0 Å². The van der Waals surface area contributed by atoms with Crippen molar-refractivity contribution in [3.8, 4) is 63.2 Å². The Morgan fingerprint density at radius 2 is 0.874 bits per heavy atom. The summed E-state index contributed by atoms with van der Waals surface area (Å²) in [5.74, 6) is -5.13. The molecule has 34 nitrogen and oxygen atoms in total. The van der Waals surface area contributed by atoms with Gasteiger partial charge in [-0.25, -0.2) is 9.59 Å². The number of hydrogen-bond acceptors (Lipinski definition) is 34. The number of methoxy groups -OCH3 is 4. The van der Waals surface area contributed by atoms with Crippen molar-refractivity contribution >= 4 is 30.2 Å². The predicted octanol–water partition coefficient (Wildman–Crippen LogP) is -3.46. The maximum Gasteiger partial charge on any atom is 0.330 e. The van der Waals surface area contributed by atoms with Crippen LogP contribution in [-0.4, -0.2) is 276 Å². The van der Waals surface area contributed by atoms with Gasteiger partial charge in [0.05, 0.1) is 47.2 Å². The van der Waals surface area contributed by atoms with Crippen LogP contribution in [0.2, 0.25) is 0 Å². The molecule has 34 heteroatoms. The van der Waals surface area contributed by atoms with Gasteiger partial charge in [0.1, 0.15) is 134 Å². The first-order chi connectivity index (χ1) is 45.3. The van der Waals surface area contributed by atoms with Crippen molar-refractivity contribution < 1.29 is 167 Å². The number of carbonyl (C=O) groups excluding carboxylic acids is 2. The molecule has 4 aromatic rings. The number of rotatable bonds is 23. The number of aliphatic hydroxyl groups excluding tert-OH is 13. The van der Waals surface area contributed by atoms with E-state index in [0.717, 1.165) is 42.5 Å². The summed E-state index contributed by atoms with van der Waals surface area (Å²) in [6, 6.07) is 11.1. The van der Waals surface area contributed by atoms with Gasteiger partial charge >= 0.3 is 11.9 Å². The van der Waals surface area contributed by atoms with Crippen LogP contribution in [0.3, 0.4) is 0 Å². The van der Waals surface area contributed by atoms with Gasteiger partial charge in [-0.15, -0.1) is 0 Å². The molecule has 0 spiro atoms. The fourth-order valence-electron chi connectivity index (χ4n) is 10.4. The first-order valence-electron chi connectivity index (χ1n) is 29.0. The second kappa shape index (κ2) is 30.8. The highest BCUT2D eigenvalue weighted by atomic mass is 16.7. The van der Waals surface area contributed by atoms with Crippen molar-refractivity contribution in [2.24, 2.45) is 0 Å². The lowest BCUT2D eigenvalue weighted by Gasteiger charge is -2.43. The molecule has 0 amide bonds. The largest absolute Gasteiger partial charge is 0.507 e. The van der Waals surface area contributed by atoms with Crippen molar-refractivity contribution in [2.45, 2.75) is 129 Å². The molecule has 9 rings (SSSR count). The Labute approximate surface area is 538 Å². The molecule has 0 radical (unpaired) electrons. The fourth-order valence-corrected chi connectivity index (χ4v) is 10.4. The molecule has 4 fully saturated rings. The zero-order valence-corrected chi connectivity index (χ0v) is 50.6. The molecule has 520 valence electrons. The zero-order valence-electron chi connectivity index (χ0n) is 50.6. The van der Waals surface area contributed by atoms with Gasteiger partial charge in [0, 0.05) is 29.8 Å². The summed E-state index contributed by atoms with van der Waals surface area (Å²) in [7, 11) is 5.21. The predicted molar refractivity (Wildman–Crippen MR) is 312 cm³/mol. The summed E-state index contributed by atoms with van der Waals surface area (Å²) in [6.07, 6.45) is -33.3. The van der Waals surface area contributed by atoms with Crippen LogP contribution in [-0.2, 0) is 47.5 Å². The van der Waals surface area contributed by atoms with Gasteiger partial charge in [-0.2, -0.15) is 0 Å². The SMILES string of the molecule is COc1cc(C=CC(=O)OCC2OC(OCC3OC(OC4=Cc5c(O)cc(OC6OC(COC(=O)C=Cc7cc(OC)c(O)c(OC)c7)C(O)C(O)C6O)cc5OC4c4ccc(O)c(OC5OC(CO)C(O)C(O)C5O)c4)C(O)C(O)C3O)C(O)C(O)C2O)cc(OC)c1O. The molecule has 4 aromatic carbocycles. The first-order valence-corrected chi connectivity index (χ1v) is 29.0. The van der Waals surface area contributed by atoms with E-state index in [9.17, 15) is 96.4 Å². The lowest BCUT2D eigenvalue weighted by molar-refractivity contribution is -0.328. The van der Waals surface area contributed by atoms with Gasteiger partial charge < -0.3 is 158 Å². The van der Waals surface area contributed by atoms with Crippen LogP contribution in [0.1, 0.15) is 28.4 Å². The molecule has 5 heterocycles. The molecule has 21 unspecified atom stereocenters. The van der Waals surface area contributed by atoms with Gasteiger partial charge in [-0.3, -0.25) is 0 Å². The Balaban J connectivity index is 0.932. The molecule has 0 aliphatic carbocycles. The maximum absolute atomic E-state index is 12.8. The number of carbonyl (C=O) groups is 2. The Morgan fingerprint density at radius 1 is 0.453 bits per heavy atom. The van der Waals surface area contributed by atoms with Gasteiger partial charge in [0.15, 0.2) is 46.9 Å². The average molecular weight is 1350 g/mol. The molecule has 4 saturated heterocycles. The van der Waals surface area contributed by atoms with Gasteiger partial charge in [0.2, 0.25) is 30.4 Å². The van der Waals surface area contributed by atoms with Gasteiger partial charge in [0.25, 0.3) is 0 Å². The van der Waals surface area contributed by atoms with Crippen LogP contribution in [0, 0.1) is 0 Å². The van der Waals surface area contributed by atoms with E-state index in [0.29, 0.717) is 11.1 Å². The first kappa shape index (κ1) is 71.2. The average Bonchev–Trinajstić information content (AvgIpc) is 0.770. The number of esters is 2. The number of aromatic hydroxyl groups is 4. The van der Waals surface area contributed by atoms with E-state index in [1.165, 1.54) is 70.9 Å². The number of ether oxygens (including phenoxy) is 15. The van der Waals surface area contributed by atoms with Crippen LogP contribution in [0.25, 0.3) is 18.2 Å². The topological polar surface area (TPSA) is 517 Å². The number of benzene rings is 4. The Morgan fingerprint density at radius 3 is 1.35 bits per heavy atom. The second-order valence-electron chi connectivity index (χ2n) is 22.0. The third kappa shape index (κ3) is 15.8. The quantitative estimate of drug-likeness (QED) is 0.0254. The maximum atomic E-state index is 12.8. The minimum Gasteiger partial charge on any atom is -0.507 e. The van der Waals surface area contributed by atoms with Crippen molar-refractivity contribution in [2.75, 3.05) is 54.9 Å². The molecule has 0 aromatic heterocycles. The summed E-state index contributed by atoms with van der Waals surface area (Å²) < 4.78 is 83.8. The van der Waals surface area contributed by atoms with Crippen LogP contribution in [0.15, 0.2) is 72.5 Å². The summed E-state index contributed by atoms with van der Waals surface area (Å²) >= 11 is 0. The molecule has 0 bridgehead atoms. The molecule has 0 saturated carbocycles. The number of hydrogen-bond donors (Lipinski definition) is 17. The molecular weight excluding hydrogens is 1280 g/mol. The van der Waals surface area contributed by atoms with E-state index < -0.39 is 190 Å². The minimum absolute atomic E-state index is 0.0336. The third-order valence-electron chi connectivity index (χ3n) is 15.8.